The standard InChI is InChI=1S/C21H21F4N5O2/c1-20(32)6-8-29(9-7-20)19(31)16-10-17-15(11-26-16)18(28-30(17)12-21(23,24)25)27-14-4-2-13(22)3-5-14/h2-5,10-11,32H,6-9,12H2,1H3,(H,27,28). The second-order valence-electron chi connectivity index (χ2n) is 8.13. The van der Waals surface area contributed by atoms with E-state index in [-0.39, 0.29) is 22.4 Å². The number of nitrogens with zero attached hydrogens (tertiary/aromatic N) is 4. The average Bonchev–Trinajstić information content (AvgIpc) is 3.04. The van der Waals surface area contributed by atoms with Crippen molar-refractivity contribution in [1.29, 1.82) is 0 Å². The van der Waals surface area contributed by atoms with Crippen LogP contribution in [0, 0.1) is 5.82 Å². The maximum atomic E-state index is 13.2. The van der Waals surface area contributed by atoms with Gasteiger partial charge in [0.2, 0.25) is 0 Å². The van der Waals surface area contributed by atoms with Crippen LogP contribution in [-0.4, -0.2) is 55.5 Å². The number of benzene rings is 1. The number of hydrogen-bond donors (Lipinski definition) is 2. The number of amides is 1. The summed E-state index contributed by atoms with van der Waals surface area (Å²) in [7, 11) is 0. The van der Waals surface area contributed by atoms with Crippen LogP contribution in [-0.2, 0) is 6.54 Å². The highest BCUT2D eigenvalue weighted by Gasteiger charge is 2.32. The van der Waals surface area contributed by atoms with Gasteiger partial charge in [0.05, 0.1) is 16.5 Å². The molecule has 1 amide bonds. The third kappa shape index (κ3) is 4.82. The lowest BCUT2D eigenvalue weighted by atomic mass is 9.94. The van der Waals surface area contributed by atoms with Crippen LogP contribution in [0.15, 0.2) is 36.5 Å². The fourth-order valence-corrected chi connectivity index (χ4v) is 3.59. The molecule has 170 valence electrons. The van der Waals surface area contributed by atoms with Crippen molar-refractivity contribution in [2.24, 2.45) is 0 Å². The lowest BCUT2D eigenvalue weighted by molar-refractivity contribution is -0.141. The number of likely N-dealkylation sites (tertiary alicyclic amines) is 1. The van der Waals surface area contributed by atoms with Gasteiger partial charge in [-0.25, -0.2) is 4.39 Å². The van der Waals surface area contributed by atoms with Gasteiger partial charge in [0, 0.05) is 25.0 Å². The normalized spacial score (nSPS) is 16.4. The molecule has 1 aromatic carbocycles. The lowest BCUT2D eigenvalue weighted by Gasteiger charge is -2.35. The first-order valence-electron chi connectivity index (χ1n) is 9.98. The summed E-state index contributed by atoms with van der Waals surface area (Å²) in [4.78, 5) is 18.5. The summed E-state index contributed by atoms with van der Waals surface area (Å²) >= 11 is 0. The molecule has 1 fully saturated rings. The van der Waals surface area contributed by atoms with Crippen LogP contribution in [0.5, 0.6) is 0 Å². The zero-order chi connectivity index (χ0) is 23.1. The Bertz CT molecular complexity index is 1130. The van der Waals surface area contributed by atoms with Crippen LogP contribution in [0.2, 0.25) is 0 Å². The maximum absolute atomic E-state index is 13.2. The van der Waals surface area contributed by atoms with Gasteiger partial charge in [-0.2, -0.15) is 18.3 Å². The molecule has 32 heavy (non-hydrogen) atoms. The predicted molar refractivity (Wildman–Crippen MR) is 109 cm³/mol. The number of fused-ring (bicyclic) bond motifs is 1. The van der Waals surface area contributed by atoms with Gasteiger partial charge in [-0.15, -0.1) is 0 Å². The first-order valence-corrected chi connectivity index (χ1v) is 9.98. The minimum atomic E-state index is -4.53. The molecule has 0 spiro atoms. The Labute approximate surface area is 180 Å². The van der Waals surface area contributed by atoms with Crippen molar-refractivity contribution in [3.05, 3.63) is 48.0 Å². The maximum Gasteiger partial charge on any atom is 0.408 e. The fraction of sp³-hybridized carbons (Fsp3) is 0.381. The molecule has 7 nitrogen and oxygen atoms in total. The van der Waals surface area contributed by atoms with E-state index in [1.165, 1.54) is 41.4 Å². The molecule has 2 N–H and O–H groups in total. The minimum absolute atomic E-state index is 0.00398. The third-order valence-electron chi connectivity index (χ3n) is 5.42. The van der Waals surface area contributed by atoms with E-state index in [1.54, 1.807) is 6.92 Å². The summed E-state index contributed by atoms with van der Waals surface area (Å²) < 4.78 is 53.3. The van der Waals surface area contributed by atoms with Crippen molar-refractivity contribution >= 4 is 28.3 Å². The highest BCUT2D eigenvalue weighted by molar-refractivity contribution is 5.98. The SMILES string of the molecule is CC1(O)CCN(C(=O)c2cc3c(cn2)c(Nc2ccc(F)cc2)nn3CC(F)(F)F)CC1. The molecule has 11 heteroatoms. The molecule has 0 radical (unpaired) electrons. The van der Waals surface area contributed by atoms with Crippen LogP contribution >= 0.6 is 0 Å². The topological polar surface area (TPSA) is 83.3 Å². The summed E-state index contributed by atoms with van der Waals surface area (Å²) in [5.41, 5.74) is -0.323. The number of hydrogen-bond acceptors (Lipinski definition) is 5. The Hall–Kier alpha value is -3.21. The molecule has 0 unspecified atom stereocenters. The van der Waals surface area contributed by atoms with Gasteiger partial charge >= 0.3 is 6.18 Å². The van der Waals surface area contributed by atoms with Gasteiger partial charge in [-0.3, -0.25) is 14.5 Å². The molecule has 4 rings (SSSR count). The number of nitrogens with one attached hydrogen (secondary N) is 1. The number of piperidine rings is 1. The Morgan fingerprint density at radius 1 is 1.22 bits per heavy atom. The van der Waals surface area contributed by atoms with Crippen LogP contribution in [0.4, 0.5) is 29.1 Å². The molecule has 1 saturated heterocycles. The first-order chi connectivity index (χ1) is 15.0. The highest BCUT2D eigenvalue weighted by Crippen LogP contribution is 2.29. The second kappa shape index (κ2) is 8.05. The Morgan fingerprint density at radius 2 is 1.88 bits per heavy atom. The number of aliphatic hydroxyl groups is 1. The van der Waals surface area contributed by atoms with Crippen LogP contribution in [0.3, 0.4) is 0 Å². The number of carbonyl (C=O) groups excluding carboxylic acids is 1. The number of pyridine rings is 1. The van der Waals surface area contributed by atoms with E-state index < -0.39 is 30.0 Å². The fourth-order valence-electron chi connectivity index (χ4n) is 3.59. The van der Waals surface area contributed by atoms with Gasteiger partial charge in [0.15, 0.2) is 5.82 Å². The van der Waals surface area contributed by atoms with E-state index in [0.717, 1.165) is 4.68 Å². The number of carbonyl (C=O) groups is 1. The van der Waals surface area contributed by atoms with Crippen LogP contribution in [0.25, 0.3) is 10.9 Å². The quantitative estimate of drug-likeness (QED) is 0.589. The van der Waals surface area contributed by atoms with E-state index in [1.807, 2.05) is 0 Å². The van der Waals surface area contributed by atoms with E-state index >= 15 is 0 Å². The van der Waals surface area contributed by atoms with Gasteiger partial charge in [-0.1, -0.05) is 0 Å². The summed E-state index contributed by atoms with van der Waals surface area (Å²) in [6, 6.07) is 6.57. The number of alkyl halides is 3. The minimum Gasteiger partial charge on any atom is -0.390 e. The first kappa shape index (κ1) is 22.0. The van der Waals surface area contributed by atoms with Crippen molar-refractivity contribution in [2.75, 3.05) is 18.4 Å². The molecule has 0 saturated carbocycles. The van der Waals surface area contributed by atoms with E-state index in [0.29, 0.717) is 31.6 Å². The largest absolute Gasteiger partial charge is 0.408 e. The van der Waals surface area contributed by atoms with Crippen molar-refractivity contribution in [1.82, 2.24) is 19.7 Å². The summed E-state index contributed by atoms with van der Waals surface area (Å²) in [5.74, 6) is -0.765. The molecule has 0 bridgehead atoms. The lowest BCUT2D eigenvalue weighted by Crippen LogP contribution is -2.45. The molecule has 3 heterocycles. The number of rotatable bonds is 4. The number of halogens is 4. The molecule has 0 aliphatic carbocycles. The van der Waals surface area contributed by atoms with Crippen LogP contribution in [0.1, 0.15) is 30.3 Å². The Kier molecular flexibility index (Phi) is 5.53. The summed E-state index contributed by atoms with van der Waals surface area (Å²) in [6.45, 7) is 0.999. The Morgan fingerprint density at radius 3 is 2.50 bits per heavy atom. The highest BCUT2D eigenvalue weighted by atomic mass is 19.4. The second-order valence-corrected chi connectivity index (χ2v) is 8.13. The molecule has 2 aromatic heterocycles. The Balaban J connectivity index is 1.68. The average molecular weight is 451 g/mol. The number of aromatic nitrogens is 3. The van der Waals surface area contributed by atoms with Gasteiger partial charge in [0.25, 0.3) is 5.91 Å². The molecule has 1 aliphatic heterocycles. The van der Waals surface area contributed by atoms with E-state index in [2.05, 4.69) is 15.4 Å². The van der Waals surface area contributed by atoms with E-state index in [4.69, 9.17) is 0 Å². The van der Waals surface area contributed by atoms with Crippen molar-refractivity contribution in [3.8, 4) is 0 Å². The zero-order valence-corrected chi connectivity index (χ0v) is 17.2. The number of anilines is 2. The smallest absolute Gasteiger partial charge is 0.390 e. The molecule has 1 aliphatic rings. The summed E-state index contributed by atoms with van der Waals surface area (Å²) in [5, 5.41) is 17.2. The monoisotopic (exact) mass is 451 g/mol. The van der Waals surface area contributed by atoms with Crippen molar-refractivity contribution in [3.63, 3.8) is 0 Å². The van der Waals surface area contributed by atoms with Gasteiger partial charge < -0.3 is 15.3 Å². The van der Waals surface area contributed by atoms with Gasteiger partial charge in [0.1, 0.15) is 18.1 Å². The van der Waals surface area contributed by atoms with Crippen molar-refractivity contribution in [2.45, 2.75) is 38.1 Å². The molecular weight excluding hydrogens is 430 g/mol. The van der Waals surface area contributed by atoms with Crippen molar-refractivity contribution < 1.29 is 27.5 Å². The predicted octanol–water partition coefficient (Wildman–Crippen LogP) is 3.86. The molecule has 0 atom stereocenters. The van der Waals surface area contributed by atoms with E-state index in [9.17, 15) is 27.5 Å². The third-order valence-corrected chi connectivity index (χ3v) is 5.42. The summed E-state index contributed by atoms with van der Waals surface area (Å²) in [6.07, 6.45) is -2.43. The zero-order valence-electron chi connectivity index (χ0n) is 17.2. The molecular formula is C21H21F4N5O2. The van der Waals surface area contributed by atoms with Crippen LogP contribution < -0.4 is 5.32 Å². The van der Waals surface area contributed by atoms with Gasteiger partial charge in [-0.05, 0) is 50.1 Å². The molecule has 3 aromatic rings.